The summed E-state index contributed by atoms with van der Waals surface area (Å²) in [7, 11) is 0.454. The highest BCUT2D eigenvalue weighted by Crippen LogP contribution is 2.33. The van der Waals surface area contributed by atoms with Crippen molar-refractivity contribution in [3.05, 3.63) is 69.0 Å². The molecule has 7 nitrogen and oxygen atoms in total. The van der Waals surface area contributed by atoms with Crippen molar-refractivity contribution in [1.29, 1.82) is 5.26 Å². The minimum atomic E-state index is -1.11. The minimum Gasteiger partial charge on any atom is -0.377 e. The van der Waals surface area contributed by atoms with Crippen LogP contribution in [0, 0.1) is 29.9 Å². The number of piperazine rings is 1. The Hall–Kier alpha value is -3.29. The number of rotatable bonds is 5. The quantitative estimate of drug-likeness (QED) is 0.580. The zero-order valence-electron chi connectivity index (χ0n) is 20.1. The Balaban J connectivity index is 1.83. The van der Waals surface area contributed by atoms with E-state index < -0.39 is 28.7 Å². The summed E-state index contributed by atoms with van der Waals surface area (Å²) in [6.45, 7) is 5.51. The molecule has 2 aromatic carbocycles. The average molecular weight is 500 g/mol. The molecule has 1 unspecified atom stereocenters. The van der Waals surface area contributed by atoms with Gasteiger partial charge in [-0.15, -0.1) is 0 Å². The van der Waals surface area contributed by atoms with E-state index in [2.05, 4.69) is 5.32 Å². The van der Waals surface area contributed by atoms with Crippen LogP contribution < -0.4 is 15.8 Å². The fourth-order valence-corrected chi connectivity index (χ4v) is 5.34. The zero-order valence-corrected chi connectivity index (χ0v) is 20.9. The number of pyridine rings is 1. The van der Waals surface area contributed by atoms with E-state index in [1.165, 1.54) is 16.7 Å². The molecule has 3 aromatic rings. The number of nitrogens with one attached hydrogen (secondary N) is 1. The topological polar surface area (TPSA) is 81.4 Å². The molecule has 0 bridgehead atoms. The van der Waals surface area contributed by atoms with E-state index in [0.717, 1.165) is 11.6 Å². The van der Waals surface area contributed by atoms with Crippen LogP contribution >= 0.6 is 0 Å². The Morgan fingerprint density at radius 2 is 1.83 bits per heavy atom. The highest BCUT2D eigenvalue weighted by Gasteiger charge is 2.27. The normalized spacial score (nSPS) is 16.2. The third-order valence-electron chi connectivity index (χ3n) is 6.42. The molecule has 0 aliphatic carbocycles. The van der Waals surface area contributed by atoms with Gasteiger partial charge in [0.25, 0.3) is 5.56 Å². The van der Waals surface area contributed by atoms with Gasteiger partial charge in [-0.2, -0.15) is 5.26 Å². The third-order valence-corrected chi connectivity index (χ3v) is 7.52. The van der Waals surface area contributed by atoms with Crippen LogP contribution in [0.4, 0.5) is 20.3 Å². The van der Waals surface area contributed by atoms with Crippen LogP contribution in [0.1, 0.15) is 29.7 Å². The fraction of sp³-hybridized carbons (Fsp3) is 0.360. The number of halogens is 2. The molecule has 2 heterocycles. The van der Waals surface area contributed by atoms with Crippen LogP contribution in [0.5, 0.6) is 0 Å². The second-order valence-corrected chi connectivity index (χ2v) is 10.1. The number of anilines is 2. The number of hydrogen-bond acceptors (Lipinski definition) is 5. The van der Waals surface area contributed by atoms with Gasteiger partial charge in [0.2, 0.25) is 0 Å². The summed E-state index contributed by atoms with van der Waals surface area (Å²) in [5.74, 6) is -0.829. The van der Waals surface area contributed by atoms with Crippen molar-refractivity contribution in [2.75, 3.05) is 42.7 Å². The van der Waals surface area contributed by atoms with Crippen molar-refractivity contribution < 1.29 is 13.0 Å². The molecule has 0 amide bonds. The van der Waals surface area contributed by atoms with Gasteiger partial charge in [0.05, 0.1) is 27.6 Å². The van der Waals surface area contributed by atoms with Crippen LogP contribution in [0.15, 0.2) is 35.1 Å². The maximum absolute atomic E-state index is 16.2. The zero-order chi connectivity index (χ0) is 25.4. The largest absolute Gasteiger partial charge is 0.377 e. The molecule has 1 saturated heterocycles. The van der Waals surface area contributed by atoms with E-state index in [0.29, 0.717) is 37.4 Å². The van der Waals surface area contributed by atoms with Gasteiger partial charge in [0.1, 0.15) is 17.7 Å². The van der Waals surface area contributed by atoms with Crippen LogP contribution in [0.3, 0.4) is 0 Å². The molecule has 1 aliphatic rings. The summed E-state index contributed by atoms with van der Waals surface area (Å²) >= 11 is 0. The Morgan fingerprint density at radius 3 is 2.46 bits per heavy atom. The second-order valence-electron chi connectivity index (χ2n) is 8.79. The molecule has 1 aliphatic heterocycles. The third kappa shape index (κ3) is 4.66. The predicted octanol–water partition coefficient (Wildman–Crippen LogP) is 3.59. The lowest BCUT2D eigenvalue weighted by atomic mass is 9.96. The molecule has 35 heavy (non-hydrogen) atoms. The number of aryl methyl sites for hydroxylation is 1. The van der Waals surface area contributed by atoms with E-state index in [1.807, 2.05) is 35.2 Å². The molecule has 184 valence electrons. The molecule has 0 saturated carbocycles. The predicted molar refractivity (Wildman–Crippen MR) is 135 cm³/mol. The molecule has 1 N–H and O–H groups in total. The standard InChI is InChI=1S/C25H27F2N5O2S/c1-15-11-19(16(2)29-21-6-5-18(26)13-17(21)14-28)22-20(12-15)25(33)30(3)24(23(22)27)31-7-9-32(10-8-31)35(4)34/h5-6,11-13,16,29H,7-10H2,1-4H3/t16-,35?/m1/s1. The molecular weight excluding hydrogens is 472 g/mol. The first kappa shape index (κ1) is 24.8. The average Bonchev–Trinajstić information content (AvgIpc) is 2.83. The van der Waals surface area contributed by atoms with E-state index in [-0.39, 0.29) is 27.7 Å². The number of fused-ring (bicyclic) bond motifs is 1. The molecule has 10 heteroatoms. The lowest BCUT2D eigenvalue weighted by Gasteiger charge is -2.35. The molecule has 0 radical (unpaired) electrons. The Bertz CT molecular complexity index is 1420. The Kier molecular flexibility index (Phi) is 6.92. The van der Waals surface area contributed by atoms with E-state index in [4.69, 9.17) is 0 Å². The maximum Gasteiger partial charge on any atom is 0.259 e. The van der Waals surface area contributed by atoms with Crippen molar-refractivity contribution in [1.82, 2.24) is 8.87 Å². The van der Waals surface area contributed by atoms with Crippen LogP contribution in [-0.4, -0.2) is 45.5 Å². The SMILES string of the molecule is Cc1cc([C@@H](C)Nc2ccc(F)cc2C#N)c2c(F)c(N3CCN(S(C)=O)CC3)n(C)c(=O)c2c1. The number of nitriles is 1. The highest BCUT2D eigenvalue weighted by molar-refractivity contribution is 7.81. The van der Waals surface area contributed by atoms with Crippen molar-refractivity contribution >= 4 is 33.3 Å². The molecule has 1 aromatic heterocycles. The summed E-state index contributed by atoms with van der Waals surface area (Å²) in [5, 5.41) is 13.1. The molecule has 1 fully saturated rings. The highest BCUT2D eigenvalue weighted by atomic mass is 32.2. The van der Waals surface area contributed by atoms with E-state index >= 15 is 4.39 Å². The van der Waals surface area contributed by atoms with Gasteiger partial charge in [-0.1, -0.05) is 6.07 Å². The monoisotopic (exact) mass is 499 g/mol. The van der Waals surface area contributed by atoms with Gasteiger partial charge in [0, 0.05) is 50.9 Å². The first-order chi connectivity index (χ1) is 16.6. The summed E-state index contributed by atoms with van der Waals surface area (Å²) in [6.07, 6.45) is 1.61. The van der Waals surface area contributed by atoms with Crippen molar-refractivity contribution in [2.45, 2.75) is 19.9 Å². The molecule has 0 spiro atoms. The Labute approximate surface area is 205 Å². The first-order valence-corrected chi connectivity index (χ1v) is 12.8. The van der Waals surface area contributed by atoms with Gasteiger partial charge >= 0.3 is 0 Å². The van der Waals surface area contributed by atoms with E-state index in [9.17, 15) is 18.7 Å². The first-order valence-electron chi connectivity index (χ1n) is 11.2. The number of aromatic nitrogens is 1. The van der Waals surface area contributed by atoms with Crippen LogP contribution in [-0.2, 0) is 18.0 Å². The van der Waals surface area contributed by atoms with Gasteiger partial charge < -0.3 is 10.2 Å². The van der Waals surface area contributed by atoms with Gasteiger partial charge in [-0.25, -0.2) is 17.3 Å². The second kappa shape index (κ2) is 9.76. The lowest BCUT2D eigenvalue weighted by Crippen LogP contribution is -2.48. The summed E-state index contributed by atoms with van der Waals surface area (Å²) in [4.78, 5) is 15.2. The maximum atomic E-state index is 16.2. The summed E-state index contributed by atoms with van der Waals surface area (Å²) in [5.41, 5.74) is 1.61. The van der Waals surface area contributed by atoms with E-state index in [1.54, 1.807) is 19.4 Å². The van der Waals surface area contributed by atoms with Gasteiger partial charge in [0.15, 0.2) is 5.82 Å². The van der Waals surface area contributed by atoms with Crippen molar-refractivity contribution in [3.8, 4) is 6.07 Å². The summed E-state index contributed by atoms with van der Waals surface area (Å²) < 4.78 is 44.8. The lowest BCUT2D eigenvalue weighted by molar-refractivity contribution is 0.405. The van der Waals surface area contributed by atoms with Crippen LogP contribution in [0.25, 0.3) is 10.8 Å². The molecule has 2 atom stereocenters. The van der Waals surface area contributed by atoms with Gasteiger partial charge in [-0.05, 0) is 49.2 Å². The molecular formula is C25H27F2N5O2S. The minimum absolute atomic E-state index is 0.136. The molecule has 4 rings (SSSR count). The number of nitrogens with zero attached hydrogens (tertiary/aromatic N) is 4. The Morgan fingerprint density at radius 1 is 1.14 bits per heavy atom. The number of hydrogen-bond donors (Lipinski definition) is 1. The fourth-order valence-electron chi connectivity index (χ4n) is 4.66. The van der Waals surface area contributed by atoms with Crippen molar-refractivity contribution in [2.24, 2.45) is 7.05 Å². The van der Waals surface area contributed by atoms with Crippen LogP contribution in [0.2, 0.25) is 0 Å². The number of benzene rings is 2. The summed E-state index contributed by atoms with van der Waals surface area (Å²) in [6, 6.07) is 8.85. The van der Waals surface area contributed by atoms with Gasteiger partial charge in [-0.3, -0.25) is 9.36 Å². The van der Waals surface area contributed by atoms with Crippen molar-refractivity contribution in [3.63, 3.8) is 0 Å². The smallest absolute Gasteiger partial charge is 0.259 e.